The van der Waals surface area contributed by atoms with Gasteiger partial charge in [-0.2, -0.15) is 0 Å². The van der Waals surface area contributed by atoms with E-state index in [1.807, 2.05) is 24.3 Å². The van der Waals surface area contributed by atoms with Crippen molar-refractivity contribution in [3.8, 4) is 0 Å². The molecule has 1 aromatic carbocycles. The number of aliphatic hydroxyl groups excluding tert-OH is 1. The van der Waals surface area contributed by atoms with Crippen LogP contribution in [0.15, 0.2) is 28.7 Å². The van der Waals surface area contributed by atoms with Gasteiger partial charge in [0.1, 0.15) is 0 Å². The molecule has 2 unspecified atom stereocenters. The van der Waals surface area contributed by atoms with Crippen LogP contribution in [0.4, 0.5) is 0 Å². The molecule has 0 aliphatic heterocycles. The highest BCUT2D eigenvalue weighted by atomic mass is 79.9. The van der Waals surface area contributed by atoms with E-state index in [9.17, 15) is 9.90 Å². The van der Waals surface area contributed by atoms with E-state index in [0.29, 0.717) is 13.0 Å². The highest BCUT2D eigenvalue weighted by molar-refractivity contribution is 9.10. The third-order valence-corrected chi connectivity index (χ3v) is 4.18. The van der Waals surface area contributed by atoms with Gasteiger partial charge < -0.3 is 10.4 Å². The Labute approximate surface area is 122 Å². The summed E-state index contributed by atoms with van der Waals surface area (Å²) in [6.07, 6.45) is 4.28. The van der Waals surface area contributed by atoms with E-state index in [4.69, 9.17) is 0 Å². The van der Waals surface area contributed by atoms with Crippen LogP contribution < -0.4 is 5.32 Å². The van der Waals surface area contributed by atoms with Crippen molar-refractivity contribution in [2.24, 2.45) is 5.92 Å². The number of rotatable bonds is 4. The van der Waals surface area contributed by atoms with Crippen molar-refractivity contribution in [1.82, 2.24) is 5.32 Å². The van der Waals surface area contributed by atoms with Gasteiger partial charge in [0.2, 0.25) is 5.91 Å². The average molecular weight is 326 g/mol. The van der Waals surface area contributed by atoms with E-state index in [-0.39, 0.29) is 17.9 Å². The van der Waals surface area contributed by atoms with Crippen LogP contribution in [0.5, 0.6) is 0 Å². The van der Waals surface area contributed by atoms with Crippen LogP contribution in [0.1, 0.15) is 31.2 Å². The zero-order valence-corrected chi connectivity index (χ0v) is 12.5. The Kier molecular flexibility index (Phi) is 5.40. The minimum absolute atomic E-state index is 0.0240. The molecule has 3 nitrogen and oxygen atoms in total. The molecule has 1 fully saturated rings. The van der Waals surface area contributed by atoms with Gasteiger partial charge in [-0.1, -0.05) is 40.9 Å². The second kappa shape index (κ2) is 7.06. The molecule has 2 N–H and O–H groups in total. The number of carbonyl (C=O) groups excluding carboxylic acids is 1. The van der Waals surface area contributed by atoms with Gasteiger partial charge in [-0.25, -0.2) is 0 Å². The molecule has 2 rings (SSSR count). The first-order valence-corrected chi connectivity index (χ1v) is 7.63. The van der Waals surface area contributed by atoms with Crippen LogP contribution in [0, 0.1) is 5.92 Å². The number of halogens is 1. The maximum Gasteiger partial charge on any atom is 0.224 e. The molecule has 1 aliphatic carbocycles. The van der Waals surface area contributed by atoms with Crippen LogP contribution >= 0.6 is 15.9 Å². The van der Waals surface area contributed by atoms with Gasteiger partial charge in [-0.05, 0) is 30.5 Å². The van der Waals surface area contributed by atoms with Gasteiger partial charge in [0.15, 0.2) is 0 Å². The lowest BCUT2D eigenvalue weighted by Gasteiger charge is -2.27. The Morgan fingerprint density at radius 3 is 2.89 bits per heavy atom. The highest BCUT2D eigenvalue weighted by Gasteiger charge is 2.23. The Hall–Kier alpha value is -0.870. The fourth-order valence-corrected chi connectivity index (χ4v) is 3.01. The summed E-state index contributed by atoms with van der Waals surface area (Å²) in [4.78, 5) is 11.9. The first kappa shape index (κ1) is 14.5. The molecule has 1 amide bonds. The molecule has 0 aromatic heterocycles. The number of amides is 1. The van der Waals surface area contributed by atoms with Gasteiger partial charge >= 0.3 is 0 Å². The molecule has 0 saturated heterocycles. The van der Waals surface area contributed by atoms with E-state index in [1.165, 1.54) is 0 Å². The van der Waals surface area contributed by atoms with Crippen LogP contribution in [-0.4, -0.2) is 23.7 Å². The number of nitrogens with one attached hydrogen (secondary N) is 1. The number of carbonyl (C=O) groups is 1. The molecule has 4 heteroatoms. The predicted molar refractivity (Wildman–Crippen MR) is 78.8 cm³/mol. The van der Waals surface area contributed by atoms with Crippen molar-refractivity contribution in [2.45, 2.75) is 38.2 Å². The standard InChI is InChI=1S/C15H20BrNO2/c16-13-6-3-4-11(8-13)9-15(19)17-10-12-5-1-2-7-14(12)18/h3-4,6,8,12,14,18H,1-2,5,7,9-10H2,(H,17,19). The normalized spacial score (nSPS) is 23.1. The Bertz CT molecular complexity index is 436. The predicted octanol–water partition coefficient (Wildman–Crippen LogP) is 2.66. The number of hydrogen-bond donors (Lipinski definition) is 2. The fourth-order valence-electron chi connectivity index (χ4n) is 2.57. The Balaban J connectivity index is 1.78. The molecule has 1 aliphatic rings. The van der Waals surface area contributed by atoms with Gasteiger partial charge in [-0.3, -0.25) is 4.79 Å². The molecule has 0 bridgehead atoms. The summed E-state index contributed by atoms with van der Waals surface area (Å²) in [5.74, 6) is 0.246. The molecule has 1 saturated carbocycles. The largest absolute Gasteiger partial charge is 0.393 e. The monoisotopic (exact) mass is 325 g/mol. The van der Waals surface area contributed by atoms with Crippen molar-refractivity contribution in [2.75, 3.05) is 6.54 Å². The highest BCUT2D eigenvalue weighted by Crippen LogP contribution is 2.23. The molecule has 104 valence electrons. The molecule has 0 heterocycles. The zero-order valence-electron chi connectivity index (χ0n) is 10.9. The van der Waals surface area contributed by atoms with Crippen LogP contribution in [0.2, 0.25) is 0 Å². The van der Waals surface area contributed by atoms with Crippen molar-refractivity contribution in [3.63, 3.8) is 0 Å². The van der Waals surface area contributed by atoms with Gasteiger partial charge in [0, 0.05) is 16.9 Å². The molecule has 1 aromatic rings. The summed E-state index contributed by atoms with van der Waals surface area (Å²) >= 11 is 3.40. The number of benzene rings is 1. The van der Waals surface area contributed by atoms with E-state index in [0.717, 1.165) is 35.7 Å². The molecule has 0 radical (unpaired) electrons. The van der Waals surface area contributed by atoms with E-state index in [2.05, 4.69) is 21.2 Å². The fraction of sp³-hybridized carbons (Fsp3) is 0.533. The quantitative estimate of drug-likeness (QED) is 0.894. The van der Waals surface area contributed by atoms with Crippen LogP contribution in [-0.2, 0) is 11.2 Å². The van der Waals surface area contributed by atoms with Crippen molar-refractivity contribution in [3.05, 3.63) is 34.3 Å². The molecular formula is C15H20BrNO2. The maximum atomic E-state index is 11.9. The Morgan fingerprint density at radius 2 is 2.16 bits per heavy atom. The summed E-state index contributed by atoms with van der Waals surface area (Å²) < 4.78 is 0.987. The van der Waals surface area contributed by atoms with Gasteiger partial charge in [0.05, 0.1) is 12.5 Å². The SMILES string of the molecule is O=C(Cc1cccc(Br)c1)NCC1CCCCC1O. The van der Waals surface area contributed by atoms with Crippen molar-refractivity contribution in [1.29, 1.82) is 0 Å². The smallest absolute Gasteiger partial charge is 0.224 e. The minimum Gasteiger partial charge on any atom is -0.393 e. The zero-order chi connectivity index (χ0) is 13.7. The summed E-state index contributed by atoms with van der Waals surface area (Å²) in [5.41, 5.74) is 0.996. The molecule has 0 spiro atoms. The first-order chi connectivity index (χ1) is 9.15. The van der Waals surface area contributed by atoms with E-state index >= 15 is 0 Å². The van der Waals surface area contributed by atoms with E-state index < -0.39 is 0 Å². The molecule has 2 atom stereocenters. The number of aliphatic hydroxyl groups is 1. The van der Waals surface area contributed by atoms with Gasteiger partial charge in [0.25, 0.3) is 0 Å². The third-order valence-electron chi connectivity index (χ3n) is 3.68. The summed E-state index contributed by atoms with van der Waals surface area (Å²) in [7, 11) is 0. The second-order valence-corrected chi connectivity index (χ2v) is 6.14. The third kappa shape index (κ3) is 4.62. The summed E-state index contributed by atoms with van der Waals surface area (Å²) in [5, 5.41) is 12.8. The summed E-state index contributed by atoms with van der Waals surface area (Å²) in [6, 6.07) is 7.77. The van der Waals surface area contributed by atoms with Crippen LogP contribution in [0.25, 0.3) is 0 Å². The lowest BCUT2D eigenvalue weighted by molar-refractivity contribution is -0.120. The van der Waals surface area contributed by atoms with E-state index in [1.54, 1.807) is 0 Å². The maximum absolute atomic E-state index is 11.9. The average Bonchev–Trinajstić information content (AvgIpc) is 2.38. The Morgan fingerprint density at radius 1 is 1.37 bits per heavy atom. The first-order valence-electron chi connectivity index (χ1n) is 6.84. The lowest BCUT2D eigenvalue weighted by atomic mass is 9.86. The molecular weight excluding hydrogens is 306 g/mol. The second-order valence-electron chi connectivity index (χ2n) is 5.22. The minimum atomic E-state index is -0.250. The molecule has 19 heavy (non-hydrogen) atoms. The van der Waals surface area contributed by atoms with Crippen LogP contribution in [0.3, 0.4) is 0 Å². The topological polar surface area (TPSA) is 49.3 Å². The van der Waals surface area contributed by atoms with Gasteiger partial charge in [-0.15, -0.1) is 0 Å². The van der Waals surface area contributed by atoms with Crippen molar-refractivity contribution >= 4 is 21.8 Å². The number of hydrogen-bond acceptors (Lipinski definition) is 2. The van der Waals surface area contributed by atoms with Crippen molar-refractivity contribution < 1.29 is 9.90 Å². The summed E-state index contributed by atoms with van der Waals surface area (Å²) in [6.45, 7) is 0.591. The lowest BCUT2D eigenvalue weighted by Crippen LogP contribution is -2.37.